The third-order valence-corrected chi connectivity index (χ3v) is 3.28. The average molecular weight is 282 g/mol. The van der Waals surface area contributed by atoms with Crippen LogP contribution in [-0.2, 0) is 4.79 Å². The third-order valence-electron chi connectivity index (χ3n) is 2.84. The van der Waals surface area contributed by atoms with Crippen LogP contribution in [0.3, 0.4) is 0 Å². The molecule has 3 nitrogen and oxygen atoms in total. The monoisotopic (exact) mass is 281 g/mol. The SMILES string of the molecule is O=C1CCCC(C(=O)c2cncc(Br)c2)C1. The van der Waals surface area contributed by atoms with Gasteiger partial charge in [0.1, 0.15) is 5.78 Å². The van der Waals surface area contributed by atoms with Gasteiger partial charge in [0, 0.05) is 41.2 Å². The van der Waals surface area contributed by atoms with Crippen LogP contribution in [0.2, 0.25) is 0 Å². The molecule has 1 saturated carbocycles. The molecule has 0 N–H and O–H groups in total. The molecule has 1 aromatic heterocycles. The Morgan fingerprint density at radius 1 is 1.44 bits per heavy atom. The van der Waals surface area contributed by atoms with Gasteiger partial charge in [0.05, 0.1) is 0 Å². The van der Waals surface area contributed by atoms with Crippen LogP contribution in [0.4, 0.5) is 0 Å². The van der Waals surface area contributed by atoms with E-state index in [0.29, 0.717) is 18.4 Å². The molecule has 1 atom stereocenters. The molecule has 4 heteroatoms. The molecule has 0 saturated heterocycles. The summed E-state index contributed by atoms with van der Waals surface area (Å²) in [7, 11) is 0. The van der Waals surface area contributed by atoms with Crippen LogP contribution in [0.1, 0.15) is 36.0 Å². The Morgan fingerprint density at radius 3 is 2.94 bits per heavy atom. The standard InChI is InChI=1S/C12H12BrNO2/c13-10-4-9(6-14-7-10)12(16)8-2-1-3-11(15)5-8/h4,6-8H,1-3,5H2. The van der Waals surface area contributed by atoms with Gasteiger partial charge in [-0.1, -0.05) is 0 Å². The van der Waals surface area contributed by atoms with Crippen LogP contribution in [0, 0.1) is 5.92 Å². The number of hydrogen-bond donors (Lipinski definition) is 0. The van der Waals surface area contributed by atoms with E-state index in [1.165, 1.54) is 0 Å². The Labute approximate surface area is 102 Å². The Hall–Kier alpha value is -1.03. The average Bonchev–Trinajstić information content (AvgIpc) is 2.28. The van der Waals surface area contributed by atoms with E-state index in [0.717, 1.165) is 17.3 Å². The van der Waals surface area contributed by atoms with Crippen molar-refractivity contribution in [3.05, 3.63) is 28.5 Å². The lowest BCUT2D eigenvalue weighted by atomic mass is 9.83. The van der Waals surface area contributed by atoms with Crippen LogP contribution < -0.4 is 0 Å². The van der Waals surface area contributed by atoms with Crippen LogP contribution >= 0.6 is 15.9 Å². The Morgan fingerprint density at radius 2 is 2.25 bits per heavy atom. The van der Waals surface area contributed by atoms with Gasteiger partial charge < -0.3 is 0 Å². The maximum absolute atomic E-state index is 12.1. The first-order chi connectivity index (χ1) is 7.66. The van der Waals surface area contributed by atoms with E-state index in [-0.39, 0.29) is 17.5 Å². The highest BCUT2D eigenvalue weighted by atomic mass is 79.9. The lowest BCUT2D eigenvalue weighted by molar-refractivity contribution is -0.121. The molecule has 0 aliphatic heterocycles. The summed E-state index contributed by atoms with van der Waals surface area (Å²) in [5.74, 6) is 0.103. The number of nitrogens with zero attached hydrogens (tertiary/aromatic N) is 1. The molecule has 1 aliphatic carbocycles. The molecule has 0 amide bonds. The maximum atomic E-state index is 12.1. The summed E-state index contributed by atoms with van der Waals surface area (Å²) in [4.78, 5) is 27.4. The largest absolute Gasteiger partial charge is 0.300 e. The van der Waals surface area contributed by atoms with Crippen LogP contribution in [0.25, 0.3) is 0 Å². The fourth-order valence-corrected chi connectivity index (χ4v) is 2.40. The zero-order valence-corrected chi connectivity index (χ0v) is 10.4. The van der Waals surface area contributed by atoms with Gasteiger partial charge in [-0.2, -0.15) is 0 Å². The number of carbonyl (C=O) groups is 2. The summed E-state index contributed by atoms with van der Waals surface area (Å²) in [5.41, 5.74) is 0.592. The van der Waals surface area contributed by atoms with Crippen molar-refractivity contribution in [2.75, 3.05) is 0 Å². The van der Waals surface area contributed by atoms with Crippen molar-refractivity contribution in [2.45, 2.75) is 25.7 Å². The Bertz CT molecular complexity index is 431. The van der Waals surface area contributed by atoms with Gasteiger partial charge >= 0.3 is 0 Å². The molecular formula is C12H12BrNO2. The second-order valence-corrected chi connectivity index (χ2v) is 5.00. The van der Waals surface area contributed by atoms with Crippen molar-refractivity contribution in [3.63, 3.8) is 0 Å². The van der Waals surface area contributed by atoms with Gasteiger partial charge in [0.15, 0.2) is 5.78 Å². The summed E-state index contributed by atoms with van der Waals surface area (Å²) in [6.45, 7) is 0. The first-order valence-electron chi connectivity index (χ1n) is 5.33. The summed E-state index contributed by atoms with van der Waals surface area (Å²) >= 11 is 3.28. The molecule has 0 radical (unpaired) electrons. The number of Topliss-reactive ketones (excluding diaryl/α,β-unsaturated/α-hetero) is 2. The van der Waals surface area contributed by atoms with E-state index in [2.05, 4.69) is 20.9 Å². The van der Waals surface area contributed by atoms with Gasteiger partial charge in [0.2, 0.25) is 0 Å². The molecule has 1 fully saturated rings. The van der Waals surface area contributed by atoms with Crippen molar-refractivity contribution in [1.29, 1.82) is 0 Å². The van der Waals surface area contributed by atoms with Gasteiger partial charge in [-0.3, -0.25) is 14.6 Å². The van der Waals surface area contributed by atoms with E-state index in [4.69, 9.17) is 0 Å². The van der Waals surface area contributed by atoms with E-state index in [1.54, 1.807) is 18.5 Å². The topological polar surface area (TPSA) is 47.0 Å². The van der Waals surface area contributed by atoms with E-state index >= 15 is 0 Å². The summed E-state index contributed by atoms with van der Waals surface area (Å²) < 4.78 is 0.792. The van der Waals surface area contributed by atoms with E-state index in [1.807, 2.05) is 0 Å². The number of pyridine rings is 1. The normalized spacial score (nSPS) is 20.8. The molecule has 84 valence electrons. The molecule has 0 bridgehead atoms. The lowest BCUT2D eigenvalue weighted by Crippen LogP contribution is -2.23. The van der Waals surface area contributed by atoms with Crippen LogP contribution in [0.15, 0.2) is 22.9 Å². The highest BCUT2D eigenvalue weighted by molar-refractivity contribution is 9.10. The summed E-state index contributed by atoms with van der Waals surface area (Å²) in [5, 5.41) is 0. The predicted octanol–water partition coefficient (Wildman–Crippen LogP) is 2.79. The van der Waals surface area contributed by atoms with Gasteiger partial charge in [-0.25, -0.2) is 0 Å². The minimum atomic E-state index is -0.141. The minimum absolute atomic E-state index is 0.0434. The minimum Gasteiger partial charge on any atom is -0.300 e. The number of carbonyl (C=O) groups excluding carboxylic acids is 2. The van der Waals surface area contributed by atoms with Crippen molar-refractivity contribution in [1.82, 2.24) is 4.98 Å². The van der Waals surface area contributed by atoms with Gasteiger partial charge in [0.25, 0.3) is 0 Å². The summed E-state index contributed by atoms with van der Waals surface area (Å²) in [6.07, 6.45) is 5.87. The van der Waals surface area contributed by atoms with Crippen molar-refractivity contribution < 1.29 is 9.59 Å². The Kier molecular flexibility index (Phi) is 3.49. The summed E-state index contributed by atoms with van der Waals surface area (Å²) in [6, 6.07) is 1.76. The molecule has 1 unspecified atom stereocenters. The molecule has 0 spiro atoms. The smallest absolute Gasteiger partial charge is 0.167 e. The molecule has 1 aliphatic rings. The number of rotatable bonds is 2. The van der Waals surface area contributed by atoms with Crippen molar-refractivity contribution in [3.8, 4) is 0 Å². The molecule has 0 aromatic carbocycles. The first-order valence-corrected chi connectivity index (χ1v) is 6.12. The highest BCUT2D eigenvalue weighted by Gasteiger charge is 2.26. The maximum Gasteiger partial charge on any atom is 0.167 e. The first kappa shape index (κ1) is 11.5. The number of hydrogen-bond acceptors (Lipinski definition) is 3. The van der Waals surface area contributed by atoms with E-state index in [9.17, 15) is 9.59 Å². The highest BCUT2D eigenvalue weighted by Crippen LogP contribution is 2.25. The van der Waals surface area contributed by atoms with Crippen molar-refractivity contribution >= 4 is 27.5 Å². The number of ketones is 2. The molecular weight excluding hydrogens is 270 g/mol. The zero-order chi connectivity index (χ0) is 11.5. The van der Waals surface area contributed by atoms with E-state index < -0.39 is 0 Å². The third kappa shape index (κ3) is 2.55. The second-order valence-electron chi connectivity index (χ2n) is 4.09. The van der Waals surface area contributed by atoms with Crippen LogP contribution in [-0.4, -0.2) is 16.6 Å². The Balaban J connectivity index is 2.15. The molecule has 1 aromatic rings. The lowest BCUT2D eigenvalue weighted by Gasteiger charge is -2.19. The number of aromatic nitrogens is 1. The molecule has 16 heavy (non-hydrogen) atoms. The predicted molar refractivity (Wildman–Crippen MR) is 63.2 cm³/mol. The zero-order valence-electron chi connectivity index (χ0n) is 8.78. The van der Waals surface area contributed by atoms with Crippen molar-refractivity contribution in [2.24, 2.45) is 5.92 Å². The van der Waals surface area contributed by atoms with Gasteiger partial charge in [-0.05, 0) is 34.8 Å². The fourth-order valence-electron chi connectivity index (χ4n) is 2.03. The fraction of sp³-hybridized carbons (Fsp3) is 0.417. The van der Waals surface area contributed by atoms with Gasteiger partial charge in [-0.15, -0.1) is 0 Å². The quantitative estimate of drug-likeness (QED) is 0.784. The molecule has 1 heterocycles. The number of halogens is 1. The molecule has 2 rings (SSSR count). The second kappa shape index (κ2) is 4.87. The van der Waals surface area contributed by atoms with Crippen LogP contribution in [0.5, 0.6) is 0 Å².